The molecular formula is C24H20N4O5. The van der Waals surface area contributed by atoms with E-state index < -0.39 is 17.7 Å². The van der Waals surface area contributed by atoms with Gasteiger partial charge in [-0.2, -0.15) is 5.10 Å². The van der Waals surface area contributed by atoms with Crippen molar-refractivity contribution in [3.63, 3.8) is 0 Å². The summed E-state index contributed by atoms with van der Waals surface area (Å²) in [4.78, 5) is 37.2. The smallest absolute Gasteiger partial charge is 0.329 e. The van der Waals surface area contributed by atoms with Crippen LogP contribution in [0.4, 0.5) is 11.4 Å². The average molecular weight is 444 g/mol. The van der Waals surface area contributed by atoms with Crippen molar-refractivity contribution in [1.29, 1.82) is 0 Å². The average Bonchev–Trinajstić information content (AvgIpc) is 3.27. The van der Waals surface area contributed by atoms with E-state index in [1.807, 2.05) is 25.1 Å². The molecule has 0 aliphatic carbocycles. The number of carbonyl (C=O) groups excluding carboxylic acids is 3. The summed E-state index contributed by atoms with van der Waals surface area (Å²) in [7, 11) is 0. The fourth-order valence-electron chi connectivity index (χ4n) is 3.10. The molecule has 0 bridgehead atoms. The highest BCUT2D eigenvalue weighted by Crippen LogP contribution is 2.31. The van der Waals surface area contributed by atoms with Crippen LogP contribution in [-0.4, -0.2) is 30.7 Å². The molecule has 0 atom stereocenters. The minimum Gasteiger partial charge on any atom is -0.454 e. The second kappa shape index (κ2) is 9.65. The largest absolute Gasteiger partial charge is 0.454 e. The van der Waals surface area contributed by atoms with Crippen LogP contribution in [-0.2, 0) is 9.59 Å². The van der Waals surface area contributed by atoms with Gasteiger partial charge in [0, 0.05) is 5.69 Å². The van der Waals surface area contributed by atoms with E-state index in [0.717, 1.165) is 5.56 Å². The number of amides is 3. The Hall–Kier alpha value is -4.66. The van der Waals surface area contributed by atoms with Crippen LogP contribution in [0.3, 0.4) is 0 Å². The van der Waals surface area contributed by atoms with Gasteiger partial charge in [-0.3, -0.25) is 14.4 Å². The predicted molar refractivity (Wildman–Crippen MR) is 123 cm³/mol. The molecule has 33 heavy (non-hydrogen) atoms. The third-order valence-electron chi connectivity index (χ3n) is 4.68. The number of nitrogens with one attached hydrogen (secondary N) is 3. The third-order valence-corrected chi connectivity index (χ3v) is 4.68. The van der Waals surface area contributed by atoms with Crippen LogP contribution in [0.15, 0.2) is 71.8 Å². The van der Waals surface area contributed by atoms with E-state index in [2.05, 4.69) is 21.2 Å². The van der Waals surface area contributed by atoms with Gasteiger partial charge in [-0.15, -0.1) is 0 Å². The molecule has 0 saturated heterocycles. The number of hydrazone groups is 1. The van der Waals surface area contributed by atoms with Gasteiger partial charge in [0.1, 0.15) is 0 Å². The molecule has 3 amide bonds. The molecule has 0 spiro atoms. The van der Waals surface area contributed by atoms with E-state index in [-0.39, 0.29) is 18.0 Å². The maximum Gasteiger partial charge on any atom is 0.329 e. The van der Waals surface area contributed by atoms with E-state index in [0.29, 0.717) is 22.7 Å². The Morgan fingerprint density at radius 3 is 2.55 bits per heavy atom. The summed E-state index contributed by atoms with van der Waals surface area (Å²) in [5.74, 6) is -1.17. The number of fused-ring (bicyclic) bond motifs is 1. The quantitative estimate of drug-likeness (QED) is 0.318. The molecule has 1 heterocycles. The van der Waals surface area contributed by atoms with Crippen molar-refractivity contribution in [2.45, 2.75) is 6.92 Å². The molecule has 0 aromatic heterocycles. The molecule has 3 N–H and O–H groups in total. The molecule has 1 aliphatic rings. The number of ether oxygens (including phenoxy) is 2. The first-order chi connectivity index (χ1) is 16.0. The van der Waals surface area contributed by atoms with Gasteiger partial charge in [-0.1, -0.05) is 24.3 Å². The molecule has 3 aromatic carbocycles. The first-order valence-electron chi connectivity index (χ1n) is 10.0. The van der Waals surface area contributed by atoms with Crippen LogP contribution in [0, 0.1) is 6.92 Å². The lowest BCUT2D eigenvalue weighted by atomic mass is 10.1. The van der Waals surface area contributed by atoms with E-state index in [1.54, 1.807) is 42.5 Å². The van der Waals surface area contributed by atoms with Gasteiger partial charge < -0.3 is 20.1 Å². The first-order valence-corrected chi connectivity index (χ1v) is 10.0. The van der Waals surface area contributed by atoms with Crippen molar-refractivity contribution in [2.24, 2.45) is 5.10 Å². The summed E-state index contributed by atoms with van der Waals surface area (Å²) in [5, 5.41) is 9.02. The molecule has 0 radical (unpaired) electrons. The highest BCUT2D eigenvalue weighted by atomic mass is 16.7. The maximum absolute atomic E-state index is 12.7. The fraction of sp³-hybridized carbons (Fsp3) is 0.0833. The predicted octanol–water partition coefficient (Wildman–Crippen LogP) is 3.06. The number of hydrogen-bond acceptors (Lipinski definition) is 6. The molecule has 0 fully saturated rings. The van der Waals surface area contributed by atoms with E-state index >= 15 is 0 Å². The minimum atomic E-state index is -0.985. The number of carbonyl (C=O) groups is 3. The van der Waals surface area contributed by atoms with Crippen molar-refractivity contribution >= 4 is 35.3 Å². The van der Waals surface area contributed by atoms with Gasteiger partial charge in [0.25, 0.3) is 5.91 Å². The Balaban J connectivity index is 1.38. The van der Waals surface area contributed by atoms with Crippen molar-refractivity contribution in [3.8, 4) is 11.5 Å². The lowest BCUT2D eigenvalue weighted by molar-refractivity contribution is -0.136. The summed E-state index contributed by atoms with van der Waals surface area (Å²) >= 11 is 0. The fourth-order valence-corrected chi connectivity index (χ4v) is 3.10. The minimum absolute atomic E-state index is 0.150. The Morgan fingerprint density at radius 2 is 1.70 bits per heavy atom. The van der Waals surface area contributed by atoms with Gasteiger partial charge in [-0.25, -0.2) is 5.43 Å². The van der Waals surface area contributed by atoms with E-state index in [9.17, 15) is 14.4 Å². The summed E-state index contributed by atoms with van der Waals surface area (Å²) in [6, 6.07) is 18.9. The van der Waals surface area contributed by atoms with Crippen LogP contribution >= 0.6 is 0 Å². The van der Waals surface area contributed by atoms with Crippen LogP contribution in [0.1, 0.15) is 21.5 Å². The maximum atomic E-state index is 12.7. The van der Waals surface area contributed by atoms with Crippen LogP contribution in [0.5, 0.6) is 11.5 Å². The summed E-state index contributed by atoms with van der Waals surface area (Å²) in [6.45, 7) is 2.06. The Kier molecular flexibility index (Phi) is 6.31. The summed E-state index contributed by atoms with van der Waals surface area (Å²) in [5.41, 5.74) is 4.83. The Bertz CT molecular complexity index is 1260. The molecule has 3 aromatic rings. The normalized spacial score (nSPS) is 11.8. The molecule has 9 heteroatoms. The van der Waals surface area contributed by atoms with Gasteiger partial charge in [0.05, 0.1) is 17.5 Å². The van der Waals surface area contributed by atoms with Gasteiger partial charge >= 0.3 is 11.8 Å². The summed E-state index contributed by atoms with van der Waals surface area (Å²) < 4.78 is 10.5. The van der Waals surface area contributed by atoms with E-state index in [4.69, 9.17) is 9.47 Å². The molecule has 4 rings (SSSR count). The monoisotopic (exact) mass is 444 g/mol. The second-order valence-corrected chi connectivity index (χ2v) is 7.14. The number of nitrogens with zero attached hydrogens (tertiary/aromatic N) is 1. The highest BCUT2D eigenvalue weighted by molar-refractivity contribution is 6.40. The van der Waals surface area contributed by atoms with Gasteiger partial charge in [-0.05, 0) is 60.5 Å². The number of para-hydroxylation sites is 1. The standard InChI is InChI=1S/C24H20N4O5/c1-15-5-4-6-17(11-15)26-22(29)18-7-2-3-8-19(18)27-23(30)24(31)28-25-13-16-9-10-20-21(12-16)33-14-32-20/h2-13H,14H2,1H3,(H,26,29)(H,27,30)(H,28,31). The zero-order chi connectivity index (χ0) is 23.2. The molecule has 0 unspecified atom stereocenters. The molecule has 9 nitrogen and oxygen atoms in total. The topological polar surface area (TPSA) is 118 Å². The zero-order valence-electron chi connectivity index (χ0n) is 17.6. The number of anilines is 2. The summed E-state index contributed by atoms with van der Waals surface area (Å²) in [6.07, 6.45) is 1.37. The first kappa shape index (κ1) is 21.6. The third kappa shape index (κ3) is 5.34. The molecular weight excluding hydrogens is 424 g/mol. The van der Waals surface area contributed by atoms with Crippen molar-refractivity contribution in [2.75, 3.05) is 17.4 Å². The number of benzene rings is 3. The molecule has 0 saturated carbocycles. The zero-order valence-corrected chi connectivity index (χ0v) is 17.6. The highest BCUT2D eigenvalue weighted by Gasteiger charge is 2.18. The van der Waals surface area contributed by atoms with Gasteiger partial charge in [0.15, 0.2) is 11.5 Å². The molecule has 1 aliphatic heterocycles. The van der Waals surface area contributed by atoms with Crippen molar-refractivity contribution < 1.29 is 23.9 Å². The van der Waals surface area contributed by atoms with Crippen LogP contribution < -0.4 is 25.5 Å². The van der Waals surface area contributed by atoms with Crippen molar-refractivity contribution in [1.82, 2.24) is 5.43 Å². The lowest BCUT2D eigenvalue weighted by Gasteiger charge is -2.11. The Morgan fingerprint density at radius 1 is 0.879 bits per heavy atom. The number of hydrogen-bond donors (Lipinski definition) is 3. The number of aryl methyl sites for hydroxylation is 1. The Labute approximate surface area is 189 Å². The van der Waals surface area contributed by atoms with Crippen LogP contribution in [0.25, 0.3) is 0 Å². The van der Waals surface area contributed by atoms with Crippen molar-refractivity contribution in [3.05, 3.63) is 83.4 Å². The van der Waals surface area contributed by atoms with Crippen LogP contribution in [0.2, 0.25) is 0 Å². The second-order valence-electron chi connectivity index (χ2n) is 7.14. The number of rotatable bonds is 5. The van der Waals surface area contributed by atoms with Gasteiger partial charge in [0.2, 0.25) is 6.79 Å². The van der Waals surface area contributed by atoms with E-state index in [1.165, 1.54) is 12.3 Å². The lowest BCUT2D eigenvalue weighted by Crippen LogP contribution is -2.33. The molecule has 166 valence electrons. The SMILES string of the molecule is Cc1cccc(NC(=O)c2ccccc2NC(=O)C(=O)NN=Cc2ccc3c(c2)OCO3)c1.